The molecular weight excluding hydrogens is 306 g/mol. The third-order valence-corrected chi connectivity index (χ3v) is 5.56. The lowest BCUT2D eigenvalue weighted by atomic mass is 9.96. The normalized spacial score (nSPS) is 20.1. The van der Waals surface area contributed by atoms with Gasteiger partial charge >= 0.3 is 0 Å². The Morgan fingerprint density at radius 1 is 1.32 bits per heavy atom. The summed E-state index contributed by atoms with van der Waals surface area (Å²) < 4.78 is 24.4. The molecule has 1 saturated heterocycles. The molecule has 2 aliphatic heterocycles. The van der Waals surface area contributed by atoms with Crippen LogP contribution in [0.15, 0.2) is 6.20 Å². The zero-order valence-corrected chi connectivity index (χ0v) is 13.2. The zero-order chi connectivity index (χ0) is 15.9. The highest BCUT2D eigenvalue weighted by molar-refractivity contribution is 7.88. The first-order chi connectivity index (χ1) is 10.3. The van der Waals surface area contributed by atoms with Gasteiger partial charge in [-0.25, -0.2) is 22.7 Å². The summed E-state index contributed by atoms with van der Waals surface area (Å²) in [5, 5.41) is 0. The number of aromatic nitrogens is 2. The first-order valence-electron chi connectivity index (χ1n) is 7.19. The van der Waals surface area contributed by atoms with Crippen LogP contribution in [0.4, 0.5) is 5.95 Å². The number of rotatable bonds is 2. The summed E-state index contributed by atoms with van der Waals surface area (Å²) >= 11 is 0. The molecule has 2 aliphatic rings. The van der Waals surface area contributed by atoms with E-state index in [2.05, 4.69) is 9.97 Å². The van der Waals surface area contributed by atoms with Gasteiger partial charge < -0.3 is 10.6 Å². The van der Waals surface area contributed by atoms with Crippen molar-refractivity contribution in [1.29, 1.82) is 0 Å². The van der Waals surface area contributed by atoms with Crippen LogP contribution in [0, 0.1) is 5.92 Å². The quantitative estimate of drug-likeness (QED) is 0.790. The van der Waals surface area contributed by atoms with Crippen molar-refractivity contribution >= 4 is 21.9 Å². The number of nitrogen functional groups attached to an aromatic ring is 1. The number of nitrogens with zero attached hydrogens (tertiary/aromatic N) is 4. The minimum atomic E-state index is -3.17. The van der Waals surface area contributed by atoms with Crippen molar-refractivity contribution < 1.29 is 13.2 Å². The summed E-state index contributed by atoms with van der Waals surface area (Å²) in [6, 6.07) is 0. The highest BCUT2D eigenvalue weighted by Gasteiger charge is 2.34. The van der Waals surface area contributed by atoms with Gasteiger partial charge in [-0.05, 0) is 12.8 Å². The van der Waals surface area contributed by atoms with Crippen molar-refractivity contribution in [3.05, 3.63) is 17.5 Å². The van der Waals surface area contributed by atoms with E-state index in [-0.39, 0.29) is 17.8 Å². The molecule has 1 amide bonds. The summed E-state index contributed by atoms with van der Waals surface area (Å²) in [4.78, 5) is 22.4. The molecule has 0 radical (unpaired) electrons. The summed E-state index contributed by atoms with van der Waals surface area (Å²) in [5.74, 6) is 0.150. The molecule has 0 aromatic carbocycles. The molecule has 0 atom stereocenters. The van der Waals surface area contributed by atoms with E-state index in [1.54, 1.807) is 11.1 Å². The summed E-state index contributed by atoms with van der Waals surface area (Å²) in [7, 11) is -3.17. The second-order valence-electron chi connectivity index (χ2n) is 5.83. The van der Waals surface area contributed by atoms with E-state index in [1.807, 2.05) is 0 Å². The number of piperidine rings is 1. The molecule has 120 valence electrons. The molecule has 0 spiro atoms. The van der Waals surface area contributed by atoms with Gasteiger partial charge in [-0.2, -0.15) is 0 Å². The number of amides is 1. The van der Waals surface area contributed by atoms with E-state index in [4.69, 9.17) is 5.73 Å². The molecule has 1 aromatic rings. The van der Waals surface area contributed by atoms with Crippen LogP contribution in [0.2, 0.25) is 0 Å². The van der Waals surface area contributed by atoms with Gasteiger partial charge in [0.2, 0.25) is 21.9 Å². The Balaban J connectivity index is 1.63. The number of sulfonamides is 1. The SMILES string of the molecule is CS(=O)(=O)N1CCC(C(=O)N2Cc3cnc(N)nc3C2)CC1. The van der Waals surface area contributed by atoms with E-state index >= 15 is 0 Å². The van der Waals surface area contributed by atoms with Crippen LogP contribution < -0.4 is 5.73 Å². The lowest BCUT2D eigenvalue weighted by Crippen LogP contribution is -2.42. The number of nitrogens with two attached hydrogens (primary N) is 1. The largest absolute Gasteiger partial charge is 0.368 e. The summed E-state index contributed by atoms with van der Waals surface area (Å²) in [6.07, 6.45) is 3.99. The highest BCUT2D eigenvalue weighted by Crippen LogP contribution is 2.27. The molecule has 0 bridgehead atoms. The molecule has 22 heavy (non-hydrogen) atoms. The fourth-order valence-electron chi connectivity index (χ4n) is 3.02. The van der Waals surface area contributed by atoms with Crippen LogP contribution in [-0.4, -0.2) is 52.8 Å². The molecule has 0 saturated carbocycles. The maximum Gasteiger partial charge on any atom is 0.226 e. The Morgan fingerprint density at radius 2 is 2.00 bits per heavy atom. The lowest BCUT2D eigenvalue weighted by molar-refractivity contribution is -0.137. The molecule has 2 N–H and O–H groups in total. The average Bonchev–Trinajstić information content (AvgIpc) is 2.88. The first kappa shape index (κ1) is 15.2. The smallest absolute Gasteiger partial charge is 0.226 e. The standard InChI is InChI=1S/C13H19N5O3S/c1-22(20,21)18-4-2-9(3-5-18)12(19)17-7-10-6-15-13(14)16-11(10)8-17/h6,9H,2-5,7-8H2,1H3,(H2,14,15,16). The minimum Gasteiger partial charge on any atom is -0.368 e. The van der Waals surface area contributed by atoms with Crippen molar-refractivity contribution in [1.82, 2.24) is 19.2 Å². The van der Waals surface area contributed by atoms with E-state index in [9.17, 15) is 13.2 Å². The van der Waals surface area contributed by atoms with Crippen molar-refractivity contribution in [2.45, 2.75) is 25.9 Å². The lowest BCUT2D eigenvalue weighted by Gasteiger charge is -2.31. The number of carbonyl (C=O) groups excluding carboxylic acids is 1. The zero-order valence-electron chi connectivity index (χ0n) is 12.4. The third kappa shape index (κ3) is 2.91. The molecular formula is C13H19N5O3S. The predicted molar refractivity (Wildman–Crippen MR) is 79.8 cm³/mol. The fourth-order valence-corrected chi connectivity index (χ4v) is 3.89. The van der Waals surface area contributed by atoms with Crippen molar-refractivity contribution in [2.24, 2.45) is 5.92 Å². The molecule has 3 rings (SSSR count). The second kappa shape index (κ2) is 5.47. The summed E-state index contributed by atoms with van der Waals surface area (Å²) in [6.45, 7) is 1.76. The number of fused-ring (bicyclic) bond motifs is 1. The maximum atomic E-state index is 12.6. The molecule has 1 aromatic heterocycles. The van der Waals surface area contributed by atoms with Crippen molar-refractivity contribution in [3.8, 4) is 0 Å². The third-order valence-electron chi connectivity index (χ3n) is 4.26. The summed E-state index contributed by atoms with van der Waals surface area (Å²) in [5.41, 5.74) is 7.29. The van der Waals surface area contributed by atoms with Gasteiger partial charge in [0.15, 0.2) is 0 Å². The van der Waals surface area contributed by atoms with Gasteiger partial charge in [-0.1, -0.05) is 0 Å². The van der Waals surface area contributed by atoms with Gasteiger partial charge in [0.1, 0.15) is 0 Å². The molecule has 0 unspecified atom stereocenters. The number of hydrogen-bond acceptors (Lipinski definition) is 6. The van der Waals surface area contributed by atoms with Crippen LogP contribution in [0.1, 0.15) is 24.1 Å². The molecule has 0 aliphatic carbocycles. The van der Waals surface area contributed by atoms with Crippen LogP contribution in [0.3, 0.4) is 0 Å². The van der Waals surface area contributed by atoms with Gasteiger partial charge in [0.05, 0.1) is 18.5 Å². The maximum absolute atomic E-state index is 12.6. The van der Waals surface area contributed by atoms with Crippen LogP contribution in [0.25, 0.3) is 0 Å². The van der Waals surface area contributed by atoms with Gasteiger partial charge in [-0.3, -0.25) is 4.79 Å². The van der Waals surface area contributed by atoms with Crippen molar-refractivity contribution in [2.75, 3.05) is 25.1 Å². The monoisotopic (exact) mass is 325 g/mol. The predicted octanol–water partition coefficient (Wildman–Crippen LogP) is -0.427. The van der Waals surface area contributed by atoms with Gasteiger partial charge in [0, 0.05) is 37.3 Å². The van der Waals surface area contributed by atoms with E-state index in [1.165, 1.54) is 10.6 Å². The number of carbonyl (C=O) groups is 1. The van der Waals surface area contributed by atoms with Crippen molar-refractivity contribution in [3.63, 3.8) is 0 Å². The minimum absolute atomic E-state index is 0.0599. The van der Waals surface area contributed by atoms with Crippen LogP contribution >= 0.6 is 0 Å². The Kier molecular flexibility index (Phi) is 3.77. The average molecular weight is 325 g/mol. The molecule has 3 heterocycles. The molecule has 9 heteroatoms. The van der Waals surface area contributed by atoms with Crippen LogP contribution in [-0.2, 0) is 27.9 Å². The molecule has 1 fully saturated rings. The topological polar surface area (TPSA) is 109 Å². The Hall–Kier alpha value is -1.74. The Labute approximate surface area is 129 Å². The highest BCUT2D eigenvalue weighted by atomic mass is 32.2. The van der Waals surface area contributed by atoms with E-state index in [0.717, 1.165) is 11.3 Å². The first-order valence-corrected chi connectivity index (χ1v) is 9.03. The Bertz CT molecular complexity index is 698. The fraction of sp³-hybridized carbons (Fsp3) is 0.615. The second-order valence-corrected chi connectivity index (χ2v) is 7.81. The van der Waals surface area contributed by atoms with Gasteiger partial charge in [-0.15, -0.1) is 0 Å². The van der Waals surface area contributed by atoms with E-state index in [0.29, 0.717) is 39.0 Å². The van der Waals surface area contributed by atoms with Crippen LogP contribution in [0.5, 0.6) is 0 Å². The number of anilines is 1. The Morgan fingerprint density at radius 3 is 2.64 bits per heavy atom. The number of hydrogen-bond donors (Lipinski definition) is 1. The molecule has 8 nitrogen and oxygen atoms in total. The van der Waals surface area contributed by atoms with E-state index < -0.39 is 10.0 Å². The van der Waals surface area contributed by atoms with Gasteiger partial charge in [0.25, 0.3) is 0 Å².